The van der Waals surface area contributed by atoms with Crippen LogP contribution < -0.4 is 10.6 Å². The number of rotatable bonds is 4. The van der Waals surface area contributed by atoms with E-state index in [0.717, 1.165) is 31.8 Å². The van der Waals surface area contributed by atoms with Crippen LogP contribution in [0, 0.1) is 0 Å². The molecule has 0 spiro atoms. The number of pyridine rings is 1. The summed E-state index contributed by atoms with van der Waals surface area (Å²) in [5, 5.41) is 0. The second-order valence-corrected chi connectivity index (χ2v) is 4.70. The lowest BCUT2D eigenvalue weighted by Gasteiger charge is -2.22. The van der Waals surface area contributed by atoms with Gasteiger partial charge in [0.1, 0.15) is 10.8 Å². The number of hydrogen-bond acceptors (Lipinski definition) is 4. The highest BCUT2D eigenvalue weighted by Crippen LogP contribution is 2.16. The third-order valence-corrected chi connectivity index (χ3v) is 3.09. The Morgan fingerprint density at radius 1 is 1.65 bits per heavy atom. The zero-order chi connectivity index (χ0) is 12.3. The third-order valence-electron chi connectivity index (χ3n) is 2.88. The Labute approximate surface area is 107 Å². The van der Waals surface area contributed by atoms with Gasteiger partial charge in [-0.05, 0) is 25.0 Å². The average molecular weight is 251 g/mol. The van der Waals surface area contributed by atoms with E-state index >= 15 is 0 Å². The summed E-state index contributed by atoms with van der Waals surface area (Å²) in [6.07, 6.45) is 2.59. The summed E-state index contributed by atoms with van der Waals surface area (Å²) in [7, 11) is 2.01. The number of aromatic nitrogens is 1. The molecule has 0 aromatic carbocycles. The van der Waals surface area contributed by atoms with Crippen molar-refractivity contribution in [1.29, 1.82) is 0 Å². The van der Waals surface area contributed by atoms with Crippen LogP contribution in [0.4, 0.5) is 5.82 Å². The molecule has 92 valence electrons. The molecule has 2 heterocycles. The predicted molar refractivity (Wildman–Crippen MR) is 72.4 cm³/mol. The first kappa shape index (κ1) is 12.3. The van der Waals surface area contributed by atoms with Gasteiger partial charge in [0.25, 0.3) is 0 Å². The number of hydrogen-bond donors (Lipinski definition) is 1. The van der Waals surface area contributed by atoms with E-state index < -0.39 is 0 Å². The molecule has 0 bridgehead atoms. The third kappa shape index (κ3) is 3.14. The molecule has 0 radical (unpaired) electrons. The van der Waals surface area contributed by atoms with E-state index in [4.69, 9.17) is 22.7 Å². The van der Waals surface area contributed by atoms with E-state index in [2.05, 4.69) is 9.88 Å². The van der Waals surface area contributed by atoms with Gasteiger partial charge >= 0.3 is 0 Å². The van der Waals surface area contributed by atoms with Gasteiger partial charge in [-0.3, -0.25) is 0 Å². The molecule has 4 nitrogen and oxygen atoms in total. The normalized spacial score (nSPS) is 19.2. The van der Waals surface area contributed by atoms with Crippen molar-refractivity contribution < 1.29 is 4.74 Å². The summed E-state index contributed by atoms with van der Waals surface area (Å²) in [4.78, 5) is 6.83. The van der Waals surface area contributed by atoms with E-state index in [1.54, 1.807) is 0 Å². The molecule has 1 atom stereocenters. The molecule has 1 saturated heterocycles. The van der Waals surface area contributed by atoms with Gasteiger partial charge in [-0.25, -0.2) is 4.98 Å². The lowest BCUT2D eigenvalue weighted by molar-refractivity contribution is 0.116. The second-order valence-electron chi connectivity index (χ2n) is 4.26. The summed E-state index contributed by atoms with van der Waals surface area (Å²) < 4.78 is 5.60. The van der Waals surface area contributed by atoms with Crippen LogP contribution in [0.1, 0.15) is 18.5 Å². The van der Waals surface area contributed by atoms with E-state index in [-0.39, 0.29) is 0 Å². The van der Waals surface area contributed by atoms with Gasteiger partial charge in [0, 0.05) is 20.2 Å². The zero-order valence-corrected chi connectivity index (χ0v) is 10.7. The number of nitrogens with zero attached hydrogens (tertiary/aromatic N) is 2. The van der Waals surface area contributed by atoms with E-state index in [1.807, 2.05) is 25.2 Å². The Kier molecular flexibility index (Phi) is 3.91. The highest BCUT2D eigenvalue weighted by molar-refractivity contribution is 7.80. The monoisotopic (exact) mass is 251 g/mol. The molecule has 1 aliphatic rings. The van der Waals surface area contributed by atoms with E-state index in [0.29, 0.717) is 16.8 Å². The first-order valence-electron chi connectivity index (χ1n) is 5.76. The van der Waals surface area contributed by atoms with Crippen LogP contribution in [-0.4, -0.2) is 36.3 Å². The van der Waals surface area contributed by atoms with Gasteiger partial charge in [0.15, 0.2) is 0 Å². The Hall–Kier alpha value is -1.20. The summed E-state index contributed by atoms with van der Waals surface area (Å²) >= 11 is 4.92. The molecule has 1 aromatic heterocycles. The Morgan fingerprint density at radius 3 is 3.12 bits per heavy atom. The quantitative estimate of drug-likeness (QED) is 0.818. The van der Waals surface area contributed by atoms with Crippen molar-refractivity contribution in [2.75, 3.05) is 25.1 Å². The van der Waals surface area contributed by atoms with Gasteiger partial charge in [0.05, 0.1) is 11.8 Å². The lowest BCUT2D eigenvalue weighted by Crippen LogP contribution is -2.29. The molecule has 2 rings (SSSR count). The molecular weight excluding hydrogens is 234 g/mol. The van der Waals surface area contributed by atoms with E-state index in [9.17, 15) is 0 Å². The fraction of sp³-hybridized carbons (Fsp3) is 0.500. The number of anilines is 1. The van der Waals surface area contributed by atoms with Crippen LogP contribution in [0.25, 0.3) is 0 Å². The van der Waals surface area contributed by atoms with Gasteiger partial charge in [-0.15, -0.1) is 0 Å². The molecular formula is C12H17N3OS. The maximum atomic E-state index is 5.60. The number of likely N-dealkylation sites (N-methyl/N-ethyl adjacent to an activating group) is 1. The van der Waals surface area contributed by atoms with Crippen molar-refractivity contribution >= 4 is 23.0 Å². The Balaban J connectivity index is 2.04. The summed E-state index contributed by atoms with van der Waals surface area (Å²) in [6, 6.07) is 5.70. The van der Waals surface area contributed by atoms with Crippen molar-refractivity contribution in [2.45, 2.75) is 18.9 Å². The molecule has 1 aromatic rings. The standard InChI is InChI=1S/C12H17N3OS/c1-15(8-9-4-3-7-16-9)11-6-2-5-10(14-11)12(13)17/h2,5-6,9H,3-4,7-8H2,1H3,(H2,13,17). The molecule has 0 aliphatic carbocycles. The van der Waals surface area contributed by atoms with Crippen molar-refractivity contribution in [3.63, 3.8) is 0 Å². The molecule has 17 heavy (non-hydrogen) atoms. The van der Waals surface area contributed by atoms with Crippen LogP contribution in [0.2, 0.25) is 0 Å². The fourth-order valence-corrected chi connectivity index (χ4v) is 2.07. The van der Waals surface area contributed by atoms with Crippen LogP contribution in [0.15, 0.2) is 18.2 Å². The van der Waals surface area contributed by atoms with Crippen molar-refractivity contribution in [3.05, 3.63) is 23.9 Å². The van der Waals surface area contributed by atoms with Gasteiger partial charge in [-0.2, -0.15) is 0 Å². The maximum absolute atomic E-state index is 5.60. The summed E-state index contributed by atoms with van der Waals surface area (Å²) in [6.45, 7) is 1.73. The van der Waals surface area contributed by atoms with Crippen LogP contribution in [0.5, 0.6) is 0 Å². The zero-order valence-electron chi connectivity index (χ0n) is 9.93. The number of nitrogens with two attached hydrogens (primary N) is 1. The van der Waals surface area contributed by atoms with Gasteiger partial charge in [0.2, 0.25) is 0 Å². The number of thiocarbonyl (C=S) groups is 1. The van der Waals surface area contributed by atoms with Crippen LogP contribution in [-0.2, 0) is 4.74 Å². The lowest BCUT2D eigenvalue weighted by atomic mass is 10.2. The van der Waals surface area contributed by atoms with Crippen LogP contribution >= 0.6 is 12.2 Å². The minimum Gasteiger partial charge on any atom is -0.388 e. The minimum atomic E-state index is 0.315. The molecule has 1 fully saturated rings. The smallest absolute Gasteiger partial charge is 0.129 e. The van der Waals surface area contributed by atoms with Gasteiger partial charge in [-0.1, -0.05) is 18.3 Å². The van der Waals surface area contributed by atoms with Crippen molar-refractivity contribution in [1.82, 2.24) is 4.98 Å². The topological polar surface area (TPSA) is 51.4 Å². The maximum Gasteiger partial charge on any atom is 0.129 e. The molecule has 1 unspecified atom stereocenters. The Bertz CT molecular complexity index is 404. The molecule has 0 amide bonds. The Morgan fingerprint density at radius 2 is 2.47 bits per heavy atom. The second kappa shape index (κ2) is 5.42. The predicted octanol–water partition coefficient (Wildman–Crippen LogP) is 1.33. The minimum absolute atomic E-state index is 0.315. The first-order chi connectivity index (χ1) is 8.16. The number of ether oxygens (including phenoxy) is 1. The first-order valence-corrected chi connectivity index (χ1v) is 6.17. The van der Waals surface area contributed by atoms with E-state index in [1.165, 1.54) is 0 Å². The molecule has 0 saturated carbocycles. The largest absolute Gasteiger partial charge is 0.388 e. The molecule has 1 aliphatic heterocycles. The SMILES string of the molecule is CN(CC1CCCO1)c1cccc(C(N)=S)n1. The average Bonchev–Trinajstić information content (AvgIpc) is 2.82. The highest BCUT2D eigenvalue weighted by atomic mass is 32.1. The van der Waals surface area contributed by atoms with Crippen molar-refractivity contribution in [2.24, 2.45) is 5.73 Å². The van der Waals surface area contributed by atoms with Crippen LogP contribution in [0.3, 0.4) is 0 Å². The fourth-order valence-electron chi connectivity index (χ4n) is 1.96. The highest BCUT2D eigenvalue weighted by Gasteiger charge is 2.18. The summed E-state index contributed by atoms with van der Waals surface area (Å²) in [5.41, 5.74) is 6.24. The van der Waals surface area contributed by atoms with Crippen molar-refractivity contribution in [3.8, 4) is 0 Å². The molecule has 2 N–H and O–H groups in total. The summed E-state index contributed by atoms with van der Waals surface area (Å²) in [5.74, 6) is 0.880. The van der Waals surface area contributed by atoms with Gasteiger partial charge < -0.3 is 15.4 Å². The molecule has 5 heteroatoms.